The Morgan fingerprint density at radius 2 is 2.04 bits per heavy atom. The largest absolute Gasteiger partial charge is 0.489 e. The molecule has 2 aliphatic rings. The van der Waals surface area contributed by atoms with Crippen molar-refractivity contribution in [3.8, 4) is 5.75 Å². The molecule has 1 fully saturated rings. The highest BCUT2D eigenvalue weighted by Crippen LogP contribution is 2.34. The summed E-state index contributed by atoms with van der Waals surface area (Å²) in [4.78, 5) is 28.9. The Morgan fingerprint density at radius 3 is 2.78 bits per heavy atom. The number of ether oxygens (including phenoxy) is 2. The van der Waals surface area contributed by atoms with Crippen molar-refractivity contribution in [1.82, 2.24) is 10.2 Å². The number of piperidine rings is 1. The first-order chi connectivity index (χ1) is 13.1. The minimum Gasteiger partial charge on any atom is -0.489 e. The lowest BCUT2D eigenvalue weighted by Crippen LogP contribution is -2.45. The van der Waals surface area contributed by atoms with Gasteiger partial charge in [-0.3, -0.25) is 9.59 Å². The minimum absolute atomic E-state index is 0.0290. The zero-order valence-corrected chi connectivity index (χ0v) is 16.2. The second-order valence-electron chi connectivity index (χ2n) is 7.15. The van der Waals surface area contributed by atoms with Crippen molar-refractivity contribution < 1.29 is 19.1 Å². The van der Waals surface area contributed by atoms with Gasteiger partial charge in [-0.1, -0.05) is 0 Å². The van der Waals surface area contributed by atoms with E-state index >= 15 is 0 Å². The molecule has 1 aromatic carbocycles. The average molecular weight is 375 g/mol. The van der Waals surface area contributed by atoms with E-state index in [1.165, 1.54) is 6.42 Å². The third kappa shape index (κ3) is 4.71. The van der Waals surface area contributed by atoms with Gasteiger partial charge in [0.2, 0.25) is 5.91 Å². The van der Waals surface area contributed by atoms with Gasteiger partial charge in [0.15, 0.2) is 0 Å². The second kappa shape index (κ2) is 9.08. The van der Waals surface area contributed by atoms with Crippen LogP contribution in [0.5, 0.6) is 5.75 Å². The SMILES string of the molecule is COCCNC(=O)c1ccc2c(c1)N(C)C(CC(=O)N1CCCCC1)CO2. The molecule has 0 bridgehead atoms. The molecule has 7 nitrogen and oxygen atoms in total. The molecule has 0 aliphatic carbocycles. The molecule has 7 heteroatoms. The van der Waals surface area contributed by atoms with Crippen LogP contribution in [0.4, 0.5) is 5.69 Å². The maximum Gasteiger partial charge on any atom is 0.251 e. The van der Waals surface area contributed by atoms with E-state index < -0.39 is 0 Å². The summed E-state index contributed by atoms with van der Waals surface area (Å²) in [5.74, 6) is 0.787. The molecule has 2 heterocycles. The van der Waals surface area contributed by atoms with Gasteiger partial charge in [-0.05, 0) is 37.5 Å². The average Bonchev–Trinajstić information content (AvgIpc) is 2.70. The lowest BCUT2D eigenvalue weighted by Gasteiger charge is -2.37. The highest BCUT2D eigenvalue weighted by atomic mass is 16.5. The van der Waals surface area contributed by atoms with Crippen LogP contribution in [0.25, 0.3) is 0 Å². The van der Waals surface area contributed by atoms with Crippen LogP contribution in [-0.4, -0.2) is 69.8 Å². The van der Waals surface area contributed by atoms with Gasteiger partial charge in [-0.2, -0.15) is 0 Å². The molecule has 1 saturated heterocycles. The third-order valence-corrected chi connectivity index (χ3v) is 5.29. The summed E-state index contributed by atoms with van der Waals surface area (Å²) in [6.45, 7) is 3.13. The molecule has 3 rings (SSSR count). The van der Waals surface area contributed by atoms with Gasteiger partial charge in [0.05, 0.1) is 24.8 Å². The fraction of sp³-hybridized carbons (Fsp3) is 0.600. The normalized spacial score (nSPS) is 19.3. The number of nitrogens with zero attached hydrogens (tertiary/aromatic N) is 2. The van der Waals surface area contributed by atoms with Crippen LogP contribution < -0.4 is 15.0 Å². The lowest BCUT2D eigenvalue weighted by atomic mass is 10.1. The van der Waals surface area contributed by atoms with E-state index in [-0.39, 0.29) is 17.9 Å². The minimum atomic E-state index is -0.144. The van der Waals surface area contributed by atoms with Crippen molar-refractivity contribution in [3.05, 3.63) is 23.8 Å². The number of carbonyl (C=O) groups excluding carboxylic acids is 2. The first-order valence-corrected chi connectivity index (χ1v) is 9.64. The number of hydrogen-bond acceptors (Lipinski definition) is 5. The van der Waals surface area contributed by atoms with Gasteiger partial charge in [0.25, 0.3) is 5.91 Å². The summed E-state index contributed by atoms with van der Waals surface area (Å²) in [7, 11) is 3.56. The third-order valence-electron chi connectivity index (χ3n) is 5.29. The molecule has 1 aromatic rings. The molecule has 148 valence electrons. The lowest BCUT2D eigenvalue weighted by molar-refractivity contribution is -0.132. The summed E-state index contributed by atoms with van der Waals surface area (Å²) in [6.07, 6.45) is 3.82. The van der Waals surface area contributed by atoms with Gasteiger partial charge in [0.1, 0.15) is 12.4 Å². The molecule has 1 atom stereocenters. The van der Waals surface area contributed by atoms with Gasteiger partial charge in [-0.25, -0.2) is 0 Å². The Morgan fingerprint density at radius 1 is 1.26 bits per heavy atom. The van der Waals surface area contributed by atoms with Crippen molar-refractivity contribution in [2.24, 2.45) is 0 Å². The van der Waals surface area contributed by atoms with E-state index in [4.69, 9.17) is 9.47 Å². The number of likely N-dealkylation sites (N-methyl/N-ethyl adjacent to an activating group) is 1. The van der Waals surface area contributed by atoms with Crippen LogP contribution >= 0.6 is 0 Å². The van der Waals surface area contributed by atoms with E-state index in [1.807, 2.05) is 24.1 Å². The Bertz CT molecular complexity index is 673. The number of carbonyl (C=O) groups is 2. The summed E-state index contributed by atoms with van der Waals surface area (Å²) >= 11 is 0. The van der Waals surface area contributed by atoms with Crippen molar-refractivity contribution in [3.63, 3.8) is 0 Å². The van der Waals surface area contributed by atoms with E-state index in [0.717, 1.165) is 37.4 Å². The first kappa shape index (κ1) is 19.5. The predicted molar refractivity (Wildman–Crippen MR) is 103 cm³/mol. The molecule has 2 amide bonds. The summed E-state index contributed by atoms with van der Waals surface area (Å²) < 4.78 is 10.8. The van der Waals surface area contributed by atoms with E-state index in [9.17, 15) is 9.59 Å². The molecule has 1 N–H and O–H groups in total. The number of benzene rings is 1. The number of nitrogens with one attached hydrogen (secondary N) is 1. The van der Waals surface area contributed by atoms with Crippen molar-refractivity contribution in [1.29, 1.82) is 0 Å². The van der Waals surface area contributed by atoms with Gasteiger partial charge >= 0.3 is 0 Å². The number of fused-ring (bicyclic) bond motifs is 1. The summed E-state index contributed by atoms with van der Waals surface area (Å²) in [5, 5.41) is 2.82. The number of methoxy groups -OCH3 is 1. The number of rotatable bonds is 6. The highest BCUT2D eigenvalue weighted by Gasteiger charge is 2.29. The van der Waals surface area contributed by atoms with Crippen molar-refractivity contribution in [2.75, 3.05) is 51.9 Å². The van der Waals surface area contributed by atoms with E-state index in [0.29, 0.717) is 31.7 Å². The van der Waals surface area contributed by atoms with Crippen LogP contribution in [-0.2, 0) is 9.53 Å². The topological polar surface area (TPSA) is 71.1 Å². The molecule has 1 unspecified atom stereocenters. The Kier molecular flexibility index (Phi) is 6.55. The van der Waals surface area contributed by atoms with Crippen molar-refractivity contribution in [2.45, 2.75) is 31.7 Å². The van der Waals surface area contributed by atoms with Crippen molar-refractivity contribution >= 4 is 17.5 Å². The monoisotopic (exact) mass is 375 g/mol. The van der Waals surface area contributed by atoms with Gasteiger partial charge < -0.3 is 24.6 Å². The summed E-state index contributed by atoms with van der Waals surface area (Å²) in [6, 6.07) is 5.38. The molecule has 0 aromatic heterocycles. The van der Waals surface area contributed by atoms with Gasteiger partial charge in [0, 0.05) is 39.4 Å². The summed E-state index contributed by atoms with van der Waals surface area (Å²) in [5.41, 5.74) is 1.42. The molecule has 2 aliphatic heterocycles. The Hall–Kier alpha value is -2.28. The van der Waals surface area contributed by atoms with Crippen LogP contribution in [0.3, 0.4) is 0 Å². The molecule has 0 saturated carbocycles. The zero-order valence-electron chi connectivity index (χ0n) is 16.2. The highest BCUT2D eigenvalue weighted by molar-refractivity contribution is 5.95. The first-order valence-electron chi connectivity index (χ1n) is 9.64. The maximum absolute atomic E-state index is 12.6. The van der Waals surface area contributed by atoms with Gasteiger partial charge in [-0.15, -0.1) is 0 Å². The quantitative estimate of drug-likeness (QED) is 0.766. The Labute approximate surface area is 160 Å². The van der Waals surface area contributed by atoms with Crippen LogP contribution in [0.2, 0.25) is 0 Å². The second-order valence-corrected chi connectivity index (χ2v) is 7.15. The van der Waals surface area contributed by atoms with E-state index in [2.05, 4.69) is 10.2 Å². The van der Waals surface area contributed by atoms with E-state index in [1.54, 1.807) is 13.2 Å². The number of anilines is 1. The molecular formula is C20H29N3O4. The molecular weight excluding hydrogens is 346 g/mol. The number of hydrogen-bond donors (Lipinski definition) is 1. The molecule has 0 spiro atoms. The van der Waals surface area contributed by atoms with Crippen LogP contribution in [0.15, 0.2) is 18.2 Å². The number of amides is 2. The maximum atomic E-state index is 12.6. The molecule has 27 heavy (non-hydrogen) atoms. The predicted octanol–water partition coefficient (Wildman–Crippen LogP) is 1.66. The fourth-order valence-electron chi connectivity index (χ4n) is 3.59. The standard InChI is InChI=1S/C20H29N3O4/c1-22-16(13-19(24)23-9-4-3-5-10-23)14-27-18-7-6-15(12-17(18)22)20(25)21-8-11-26-2/h6-7,12,16H,3-5,8-11,13-14H2,1-2H3,(H,21,25). The number of likely N-dealkylation sites (tertiary alicyclic amines) is 1. The van der Waals surface area contributed by atoms with Crippen LogP contribution in [0, 0.1) is 0 Å². The molecule has 0 radical (unpaired) electrons. The zero-order chi connectivity index (χ0) is 19.2. The Balaban J connectivity index is 1.66. The fourth-order valence-corrected chi connectivity index (χ4v) is 3.59. The smallest absolute Gasteiger partial charge is 0.251 e. The van der Waals surface area contributed by atoms with Crippen LogP contribution in [0.1, 0.15) is 36.0 Å².